The Bertz CT molecular complexity index is 862. The Balaban J connectivity index is 1.72. The third-order valence-corrected chi connectivity index (χ3v) is 4.18. The summed E-state index contributed by atoms with van der Waals surface area (Å²) in [7, 11) is 0. The summed E-state index contributed by atoms with van der Waals surface area (Å²) < 4.78 is 6.28. The molecule has 0 saturated carbocycles. The smallest absolute Gasteiger partial charge is 0.248 e. The average molecular weight is 401 g/mol. The monoisotopic (exact) mass is 400 g/mol. The van der Waals surface area contributed by atoms with E-state index in [9.17, 15) is 9.59 Å². The molecule has 2 N–H and O–H groups in total. The van der Waals surface area contributed by atoms with Crippen LogP contribution in [0, 0.1) is 0 Å². The summed E-state index contributed by atoms with van der Waals surface area (Å²) in [4.78, 5) is 23.5. The van der Waals surface area contributed by atoms with Crippen molar-refractivity contribution in [2.75, 3.05) is 17.2 Å². The quantitative estimate of drug-likeness (QED) is 0.762. The van der Waals surface area contributed by atoms with Crippen LogP contribution in [0.5, 0.6) is 5.75 Å². The molecular weight excluding hydrogens is 384 g/mol. The molecule has 3 rings (SSSR count). The molecule has 2 aromatic rings. The Morgan fingerprint density at radius 2 is 1.96 bits per heavy atom. The highest BCUT2D eigenvalue weighted by Crippen LogP contribution is 2.27. The number of carbonyl (C=O) groups excluding carboxylic acids is 2. The van der Waals surface area contributed by atoms with Crippen LogP contribution in [0.25, 0.3) is 6.08 Å². The van der Waals surface area contributed by atoms with Crippen LogP contribution in [0.15, 0.2) is 46.9 Å². The number of ether oxygens (including phenoxy) is 1. The highest BCUT2D eigenvalue weighted by Gasteiger charge is 2.11. The summed E-state index contributed by atoms with van der Waals surface area (Å²) in [6, 6.07) is 11.1. The Morgan fingerprint density at radius 1 is 1.12 bits per heavy atom. The minimum atomic E-state index is -0.276. The van der Waals surface area contributed by atoms with Crippen molar-refractivity contribution in [3.63, 3.8) is 0 Å². The average Bonchev–Trinajstić information content (AvgIpc) is 3.03. The van der Waals surface area contributed by atoms with Crippen molar-refractivity contribution in [1.29, 1.82) is 0 Å². The fraction of sp³-hybridized carbons (Fsp3) is 0.158. The number of anilines is 2. The Morgan fingerprint density at radius 3 is 2.76 bits per heavy atom. The summed E-state index contributed by atoms with van der Waals surface area (Å²) in [5, 5.41) is 5.48. The van der Waals surface area contributed by atoms with Crippen LogP contribution in [0.3, 0.4) is 0 Å². The number of fused-ring (bicyclic) bond motifs is 1. The number of nitrogens with one attached hydrogen (secondary N) is 2. The van der Waals surface area contributed by atoms with E-state index >= 15 is 0 Å². The summed E-state index contributed by atoms with van der Waals surface area (Å²) in [6.07, 6.45) is 4.11. The number of hydrogen-bond acceptors (Lipinski definition) is 3. The van der Waals surface area contributed by atoms with Crippen molar-refractivity contribution in [2.24, 2.45) is 0 Å². The molecule has 0 spiro atoms. The lowest BCUT2D eigenvalue weighted by Crippen LogP contribution is -2.13. The van der Waals surface area contributed by atoms with Gasteiger partial charge in [0.05, 0.1) is 18.0 Å². The van der Waals surface area contributed by atoms with E-state index in [1.54, 1.807) is 24.3 Å². The summed E-state index contributed by atoms with van der Waals surface area (Å²) >= 11 is 3.36. The number of rotatable bonds is 4. The van der Waals surface area contributed by atoms with E-state index in [1.807, 2.05) is 18.2 Å². The Kier molecular flexibility index (Phi) is 5.19. The van der Waals surface area contributed by atoms with Crippen molar-refractivity contribution >= 4 is 45.2 Å². The van der Waals surface area contributed by atoms with Gasteiger partial charge in [0.25, 0.3) is 0 Å². The summed E-state index contributed by atoms with van der Waals surface area (Å²) in [6.45, 7) is 2.13. The second-order valence-electron chi connectivity index (χ2n) is 5.66. The maximum atomic E-state index is 12.2. The number of carbonyl (C=O) groups is 2. The van der Waals surface area contributed by atoms with Gasteiger partial charge in [-0.3, -0.25) is 9.59 Å². The molecule has 0 saturated heterocycles. The van der Waals surface area contributed by atoms with Gasteiger partial charge in [-0.2, -0.15) is 0 Å². The SMILES string of the molecule is CC(=O)Nc1ccc(Br)cc1NC(=O)/C=C/c1ccc2c(c1)CCO2. The van der Waals surface area contributed by atoms with E-state index in [1.165, 1.54) is 13.0 Å². The molecule has 0 aliphatic carbocycles. The molecule has 5 nitrogen and oxygen atoms in total. The third kappa shape index (κ3) is 4.48. The minimum Gasteiger partial charge on any atom is -0.493 e. The first-order valence-corrected chi connectivity index (χ1v) is 8.62. The highest BCUT2D eigenvalue weighted by atomic mass is 79.9. The fourth-order valence-electron chi connectivity index (χ4n) is 2.58. The largest absolute Gasteiger partial charge is 0.493 e. The minimum absolute atomic E-state index is 0.200. The van der Waals surface area contributed by atoms with E-state index in [4.69, 9.17) is 4.74 Å². The van der Waals surface area contributed by atoms with Gasteiger partial charge in [0.2, 0.25) is 11.8 Å². The molecule has 25 heavy (non-hydrogen) atoms. The molecule has 0 aromatic heterocycles. The molecule has 1 aliphatic rings. The maximum absolute atomic E-state index is 12.2. The van der Waals surface area contributed by atoms with Crippen molar-refractivity contribution in [1.82, 2.24) is 0 Å². The van der Waals surface area contributed by atoms with Gasteiger partial charge in [0.1, 0.15) is 5.75 Å². The zero-order valence-electron chi connectivity index (χ0n) is 13.6. The molecule has 1 aliphatic heterocycles. The van der Waals surface area contributed by atoms with Crippen molar-refractivity contribution in [3.8, 4) is 5.75 Å². The van der Waals surface area contributed by atoms with Gasteiger partial charge < -0.3 is 15.4 Å². The molecule has 128 valence electrons. The normalized spacial score (nSPS) is 12.6. The van der Waals surface area contributed by atoms with Gasteiger partial charge in [0, 0.05) is 23.9 Å². The molecule has 0 atom stereocenters. The van der Waals surface area contributed by atoms with Gasteiger partial charge in [0.15, 0.2) is 0 Å². The van der Waals surface area contributed by atoms with Gasteiger partial charge in [-0.25, -0.2) is 0 Å². The summed E-state index contributed by atoms with van der Waals surface area (Å²) in [5.41, 5.74) is 3.17. The molecule has 2 aromatic carbocycles. The van der Waals surface area contributed by atoms with Gasteiger partial charge in [-0.05, 0) is 47.5 Å². The molecule has 1 heterocycles. The lowest BCUT2D eigenvalue weighted by Gasteiger charge is -2.10. The van der Waals surface area contributed by atoms with Crippen molar-refractivity contribution < 1.29 is 14.3 Å². The summed E-state index contributed by atoms with van der Waals surface area (Å²) in [5.74, 6) is 0.436. The topological polar surface area (TPSA) is 67.4 Å². The maximum Gasteiger partial charge on any atom is 0.248 e. The Labute approximate surface area is 154 Å². The first kappa shape index (κ1) is 17.2. The second-order valence-corrected chi connectivity index (χ2v) is 6.57. The lowest BCUT2D eigenvalue weighted by atomic mass is 10.1. The van der Waals surface area contributed by atoms with Crippen molar-refractivity contribution in [2.45, 2.75) is 13.3 Å². The van der Waals surface area contributed by atoms with Crippen LogP contribution in [0.1, 0.15) is 18.1 Å². The van der Waals surface area contributed by atoms with Crippen LogP contribution < -0.4 is 15.4 Å². The Hall–Kier alpha value is -2.60. The van der Waals surface area contributed by atoms with Gasteiger partial charge >= 0.3 is 0 Å². The number of benzene rings is 2. The van der Waals surface area contributed by atoms with Crippen LogP contribution in [0.4, 0.5) is 11.4 Å². The van der Waals surface area contributed by atoms with Crippen LogP contribution in [-0.2, 0) is 16.0 Å². The van der Waals surface area contributed by atoms with Crippen LogP contribution >= 0.6 is 15.9 Å². The number of halogens is 1. The second kappa shape index (κ2) is 7.53. The molecule has 0 unspecified atom stereocenters. The molecule has 0 fully saturated rings. The first-order chi connectivity index (χ1) is 12.0. The van der Waals surface area contributed by atoms with Gasteiger partial charge in [-0.15, -0.1) is 0 Å². The zero-order valence-corrected chi connectivity index (χ0v) is 15.2. The van der Waals surface area contributed by atoms with E-state index in [-0.39, 0.29) is 11.8 Å². The predicted octanol–water partition coefficient (Wildman–Crippen LogP) is 3.99. The lowest BCUT2D eigenvalue weighted by molar-refractivity contribution is -0.114. The van der Waals surface area contributed by atoms with E-state index in [0.29, 0.717) is 18.0 Å². The third-order valence-electron chi connectivity index (χ3n) is 3.69. The van der Waals surface area contributed by atoms with Gasteiger partial charge in [-0.1, -0.05) is 22.0 Å². The van der Waals surface area contributed by atoms with E-state index in [2.05, 4.69) is 26.6 Å². The highest BCUT2D eigenvalue weighted by molar-refractivity contribution is 9.10. The van der Waals surface area contributed by atoms with Crippen molar-refractivity contribution in [3.05, 3.63) is 58.1 Å². The standard InChI is InChI=1S/C19H17BrN2O3/c1-12(23)21-16-5-4-15(20)11-17(16)22-19(24)7-3-13-2-6-18-14(10-13)8-9-25-18/h2-7,10-11H,8-9H2,1H3,(H,21,23)(H,22,24)/b7-3+. The molecule has 0 bridgehead atoms. The molecular formula is C19H17BrN2O3. The molecule has 6 heteroatoms. The van der Waals surface area contributed by atoms with Crippen LogP contribution in [-0.4, -0.2) is 18.4 Å². The molecule has 2 amide bonds. The number of hydrogen-bond donors (Lipinski definition) is 2. The molecule has 0 radical (unpaired) electrons. The van der Waals surface area contributed by atoms with E-state index in [0.717, 1.165) is 27.8 Å². The fourth-order valence-corrected chi connectivity index (χ4v) is 2.94. The van der Waals surface area contributed by atoms with Crippen LogP contribution in [0.2, 0.25) is 0 Å². The van der Waals surface area contributed by atoms with E-state index < -0.39 is 0 Å². The first-order valence-electron chi connectivity index (χ1n) is 7.83. The zero-order chi connectivity index (χ0) is 17.8. The number of amides is 2. The predicted molar refractivity (Wildman–Crippen MR) is 102 cm³/mol.